The molecule has 13 heavy (non-hydrogen) atoms. The van der Waals surface area contributed by atoms with Gasteiger partial charge in [0.1, 0.15) is 5.82 Å². The molecule has 0 radical (unpaired) electrons. The fourth-order valence-electron chi connectivity index (χ4n) is 0.936. The Morgan fingerprint density at radius 2 is 2.15 bits per heavy atom. The van der Waals surface area contributed by atoms with Crippen molar-refractivity contribution in [1.82, 2.24) is 0 Å². The molecule has 0 aliphatic heterocycles. The number of nitrogens with two attached hydrogens (primary N) is 1. The van der Waals surface area contributed by atoms with E-state index < -0.39 is 0 Å². The van der Waals surface area contributed by atoms with Gasteiger partial charge < -0.3 is 5.73 Å². The second-order valence-electron chi connectivity index (χ2n) is 2.59. The standard InChI is InChI=1S/C9H10FNO.ClH/c1-6-4-7(9(12)5-11)2-3-8(6)10;/h2-4H,5,11H2,1H3;1H. The second-order valence-corrected chi connectivity index (χ2v) is 2.59. The number of aryl methyl sites for hydroxylation is 1. The minimum absolute atomic E-state index is 0. The zero-order chi connectivity index (χ0) is 9.14. The Bertz CT molecular complexity index is 314. The molecule has 0 bridgehead atoms. The number of benzene rings is 1. The summed E-state index contributed by atoms with van der Waals surface area (Å²) in [5, 5.41) is 0. The van der Waals surface area contributed by atoms with Crippen molar-refractivity contribution in [2.45, 2.75) is 6.92 Å². The smallest absolute Gasteiger partial charge is 0.176 e. The molecule has 0 aromatic heterocycles. The van der Waals surface area contributed by atoms with Crippen molar-refractivity contribution in [3.05, 3.63) is 35.1 Å². The van der Waals surface area contributed by atoms with Crippen molar-refractivity contribution >= 4 is 18.2 Å². The van der Waals surface area contributed by atoms with Gasteiger partial charge in [-0.15, -0.1) is 12.4 Å². The third-order valence-electron chi connectivity index (χ3n) is 1.67. The highest BCUT2D eigenvalue weighted by atomic mass is 35.5. The van der Waals surface area contributed by atoms with Crippen LogP contribution in [0.15, 0.2) is 18.2 Å². The van der Waals surface area contributed by atoms with E-state index in [2.05, 4.69) is 0 Å². The summed E-state index contributed by atoms with van der Waals surface area (Å²) in [4.78, 5) is 11.0. The topological polar surface area (TPSA) is 43.1 Å². The summed E-state index contributed by atoms with van der Waals surface area (Å²) in [5.41, 5.74) is 6.08. The highest BCUT2D eigenvalue weighted by Gasteiger charge is 2.04. The van der Waals surface area contributed by atoms with E-state index in [1.165, 1.54) is 18.2 Å². The van der Waals surface area contributed by atoms with E-state index in [-0.39, 0.29) is 30.6 Å². The maximum absolute atomic E-state index is 12.7. The number of hydrogen-bond donors (Lipinski definition) is 1. The molecule has 72 valence electrons. The Hall–Kier alpha value is -0.930. The van der Waals surface area contributed by atoms with Gasteiger partial charge in [0.2, 0.25) is 0 Å². The van der Waals surface area contributed by atoms with Crippen molar-refractivity contribution in [3.8, 4) is 0 Å². The molecule has 0 saturated heterocycles. The predicted octanol–water partition coefficient (Wildman–Crippen LogP) is 1.70. The molecule has 1 rings (SSSR count). The van der Waals surface area contributed by atoms with E-state index in [1.54, 1.807) is 6.92 Å². The van der Waals surface area contributed by atoms with Crippen LogP contribution in [0.1, 0.15) is 15.9 Å². The molecule has 0 aliphatic rings. The Morgan fingerprint density at radius 1 is 1.54 bits per heavy atom. The molecular weight excluding hydrogens is 193 g/mol. The Balaban J connectivity index is 0.00000144. The van der Waals surface area contributed by atoms with Crippen molar-refractivity contribution in [2.24, 2.45) is 5.73 Å². The molecule has 4 heteroatoms. The van der Waals surface area contributed by atoms with Crippen LogP contribution in [-0.4, -0.2) is 12.3 Å². The molecule has 0 fully saturated rings. The van der Waals surface area contributed by atoms with Crippen LogP contribution in [0.4, 0.5) is 4.39 Å². The van der Waals surface area contributed by atoms with Gasteiger partial charge >= 0.3 is 0 Å². The number of ketones is 1. The van der Waals surface area contributed by atoms with Crippen molar-refractivity contribution in [1.29, 1.82) is 0 Å². The molecule has 0 aliphatic carbocycles. The average molecular weight is 204 g/mol. The molecule has 1 aromatic carbocycles. The van der Waals surface area contributed by atoms with Crippen LogP contribution in [0.3, 0.4) is 0 Å². The number of rotatable bonds is 2. The van der Waals surface area contributed by atoms with Gasteiger partial charge in [-0.2, -0.15) is 0 Å². The molecule has 0 amide bonds. The van der Waals surface area contributed by atoms with Gasteiger partial charge in [0.15, 0.2) is 5.78 Å². The number of hydrogen-bond acceptors (Lipinski definition) is 2. The van der Waals surface area contributed by atoms with Gasteiger partial charge in [0.25, 0.3) is 0 Å². The van der Waals surface area contributed by atoms with Crippen LogP contribution in [0.25, 0.3) is 0 Å². The predicted molar refractivity (Wildman–Crippen MR) is 51.8 cm³/mol. The lowest BCUT2D eigenvalue weighted by Gasteiger charge is -1.99. The molecule has 0 saturated carbocycles. The first-order valence-electron chi connectivity index (χ1n) is 3.64. The van der Waals surface area contributed by atoms with Crippen LogP contribution < -0.4 is 5.73 Å². The first-order chi connectivity index (χ1) is 5.65. The summed E-state index contributed by atoms with van der Waals surface area (Å²) in [7, 11) is 0. The number of Topliss-reactive ketones (excluding diaryl/α,β-unsaturated/α-hetero) is 1. The van der Waals surface area contributed by atoms with E-state index in [4.69, 9.17) is 5.73 Å². The highest BCUT2D eigenvalue weighted by molar-refractivity contribution is 5.97. The summed E-state index contributed by atoms with van der Waals surface area (Å²) in [5.74, 6) is -0.471. The molecule has 0 unspecified atom stereocenters. The summed E-state index contributed by atoms with van der Waals surface area (Å²) < 4.78 is 12.7. The maximum atomic E-state index is 12.7. The summed E-state index contributed by atoms with van der Waals surface area (Å²) >= 11 is 0. The van der Waals surface area contributed by atoms with Gasteiger partial charge in [-0.25, -0.2) is 4.39 Å². The van der Waals surface area contributed by atoms with Crippen molar-refractivity contribution in [2.75, 3.05) is 6.54 Å². The normalized spacial score (nSPS) is 9.15. The van der Waals surface area contributed by atoms with Gasteiger partial charge in [0.05, 0.1) is 6.54 Å². The van der Waals surface area contributed by atoms with Crippen LogP contribution in [0.2, 0.25) is 0 Å². The maximum Gasteiger partial charge on any atom is 0.176 e. The lowest BCUT2D eigenvalue weighted by Crippen LogP contribution is -2.13. The second kappa shape index (κ2) is 4.94. The molecular formula is C9H11ClFNO. The monoisotopic (exact) mass is 203 g/mol. The van der Waals surface area contributed by atoms with Gasteiger partial charge in [-0.05, 0) is 30.7 Å². The molecule has 2 nitrogen and oxygen atoms in total. The quantitative estimate of drug-likeness (QED) is 0.744. The molecule has 0 atom stereocenters. The Morgan fingerprint density at radius 3 is 2.62 bits per heavy atom. The molecule has 0 spiro atoms. The van der Waals surface area contributed by atoms with Gasteiger partial charge in [0, 0.05) is 5.56 Å². The fraction of sp³-hybridized carbons (Fsp3) is 0.222. The number of carbonyl (C=O) groups excluding carboxylic acids is 1. The number of carbonyl (C=O) groups is 1. The molecule has 1 aromatic rings. The first-order valence-corrected chi connectivity index (χ1v) is 3.64. The zero-order valence-electron chi connectivity index (χ0n) is 7.21. The summed E-state index contributed by atoms with van der Waals surface area (Å²) in [6.07, 6.45) is 0. The first kappa shape index (κ1) is 12.1. The Kier molecular flexibility index (Phi) is 4.59. The third kappa shape index (κ3) is 2.79. The van der Waals surface area contributed by atoms with E-state index in [0.29, 0.717) is 11.1 Å². The Labute approximate surface area is 82.3 Å². The lowest BCUT2D eigenvalue weighted by atomic mass is 10.1. The van der Waals surface area contributed by atoms with E-state index in [9.17, 15) is 9.18 Å². The third-order valence-corrected chi connectivity index (χ3v) is 1.67. The largest absolute Gasteiger partial charge is 0.324 e. The SMILES string of the molecule is Cc1cc(C(=O)CN)ccc1F.Cl. The van der Waals surface area contributed by atoms with Crippen molar-refractivity contribution in [3.63, 3.8) is 0 Å². The minimum atomic E-state index is -0.302. The van der Waals surface area contributed by atoms with Gasteiger partial charge in [-0.3, -0.25) is 4.79 Å². The molecule has 0 heterocycles. The van der Waals surface area contributed by atoms with Crippen LogP contribution >= 0.6 is 12.4 Å². The average Bonchev–Trinajstić information content (AvgIpc) is 2.08. The molecule has 2 N–H and O–H groups in total. The van der Waals surface area contributed by atoms with Crippen LogP contribution in [-0.2, 0) is 0 Å². The summed E-state index contributed by atoms with van der Waals surface area (Å²) in [6, 6.07) is 4.22. The lowest BCUT2D eigenvalue weighted by molar-refractivity contribution is 0.100. The fourth-order valence-corrected chi connectivity index (χ4v) is 0.936. The summed E-state index contributed by atoms with van der Waals surface area (Å²) in [6.45, 7) is 1.58. The van der Waals surface area contributed by atoms with E-state index in [1.807, 2.05) is 0 Å². The minimum Gasteiger partial charge on any atom is -0.324 e. The van der Waals surface area contributed by atoms with Crippen LogP contribution in [0.5, 0.6) is 0 Å². The number of halogens is 2. The van der Waals surface area contributed by atoms with E-state index >= 15 is 0 Å². The zero-order valence-corrected chi connectivity index (χ0v) is 8.03. The van der Waals surface area contributed by atoms with Gasteiger partial charge in [-0.1, -0.05) is 0 Å². The van der Waals surface area contributed by atoms with Crippen LogP contribution in [0, 0.1) is 12.7 Å². The van der Waals surface area contributed by atoms with Crippen molar-refractivity contribution < 1.29 is 9.18 Å². The van der Waals surface area contributed by atoms with E-state index in [0.717, 1.165) is 0 Å². The highest BCUT2D eigenvalue weighted by Crippen LogP contribution is 2.09.